The molecule has 0 aliphatic rings. The maximum Gasteiger partial charge on any atom is 0.271 e. The zero-order valence-corrected chi connectivity index (χ0v) is 10.8. The fraction of sp³-hybridized carbons (Fsp3) is 0.455. The average Bonchev–Trinajstić information content (AvgIpc) is 2.25. The number of nitro groups is 1. The van der Waals surface area contributed by atoms with Crippen molar-refractivity contribution in [2.75, 3.05) is 23.9 Å². The zero-order chi connectivity index (χ0) is 12.8. The average molecular weight is 256 g/mol. The highest BCUT2D eigenvalue weighted by molar-refractivity contribution is 7.84. The summed E-state index contributed by atoms with van der Waals surface area (Å²) in [5.41, 5.74) is 1.81. The molecule has 0 aliphatic carbocycles. The first kappa shape index (κ1) is 13.6. The standard InChI is InChI=1S/C11H16N2O3S/c1-9-4-5-10(13(14)15)8-11(9)12-6-3-7-17(2)16/h4-5,8,12H,3,6-7H2,1-2H3. The highest BCUT2D eigenvalue weighted by Gasteiger charge is 2.07. The third kappa shape index (κ3) is 4.52. The molecule has 0 saturated heterocycles. The van der Waals surface area contributed by atoms with Gasteiger partial charge in [-0.15, -0.1) is 0 Å². The van der Waals surface area contributed by atoms with Gasteiger partial charge in [-0.05, 0) is 18.9 Å². The van der Waals surface area contributed by atoms with Crippen LogP contribution in [0.1, 0.15) is 12.0 Å². The second-order valence-electron chi connectivity index (χ2n) is 3.81. The van der Waals surface area contributed by atoms with Gasteiger partial charge in [-0.25, -0.2) is 0 Å². The zero-order valence-electron chi connectivity index (χ0n) is 9.93. The Morgan fingerprint density at radius 1 is 1.47 bits per heavy atom. The number of nitrogens with one attached hydrogen (secondary N) is 1. The number of nitro benzene ring substituents is 1. The van der Waals surface area contributed by atoms with Gasteiger partial charge in [-0.3, -0.25) is 14.3 Å². The molecule has 6 heteroatoms. The Kier molecular flexibility index (Phi) is 5.09. The number of benzene rings is 1. The lowest BCUT2D eigenvalue weighted by atomic mass is 10.2. The van der Waals surface area contributed by atoms with E-state index in [2.05, 4.69) is 5.32 Å². The van der Waals surface area contributed by atoms with Crippen LogP contribution in [0, 0.1) is 17.0 Å². The van der Waals surface area contributed by atoms with Crippen LogP contribution in [-0.4, -0.2) is 27.7 Å². The molecule has 0 fully saturated rings. The number of non-ortho nitro benzene ring substituents is 1. The van der Waals surface area contributed by atoms with Crippen LogP contribution in [-0.2, 0) is 10.8 Å². The maximum absolute atomic E-state index is 10.9. The lowest BCUT2D eigenvalue weighted by Gasteiger charge is -2.08. The predicted octanol–water partition coefficient (Wildman–Crippen LogP) is 2.08. The van der Waals surface area contributed by atoms with E-state index in [0.29, 0.717) is 12.3 Å². The van der Waals surface area contributed by atoms with Gasteiger partial charge in [0.15, 0.2) is 0 Å². The van der Waals surface area contributed by atoms with Crippen LogP contribution in [0.25, 0.3) is 0 Å². The summed E-state index contributed by atoms with van der Waals surface area (Å²) >= 11 is 0. The third-order valence-corrected chi connectivity index (χ3v) is 3.22. The highest BCUT2D eigenvalue weighted by Crippen LogP contribution is 2.21. The van der Waals surface area contributed by atoms with Crippen LogP contribution in [0.5, 0.6) is 0 Å². The summed E-state index contributed by atoms with van der Waals surface area (Å²) in [6, 6.07) is 4.73. The molecule has 1 atom stereocenters. The van der Waals surface area contributed by atoms with Crippen LogP contribution >= 0.6 is 0 Å². The van der Waals surface area contributed by atoms with Gasteiger partial charge < -0.3 is 5.32 Å². The molecule has 1 N–H and O–H groups in total. The summed E-state index contributed by atoms with van der Waals surface area (Å²) in [6.45, 7) is 2.56. The molecule has 0 aliphatic heterocycles. The maximum atomic E-state index is 10.9. The van der Waals surface area contributed by atoms with Crippen LogP contribution in [0.4, 0.5) is 11.4 Å². The molecule has 1 aromatic rings. The largest absolute Gasteiger partial charge is 0.385 e. The highest BCUT2D eigenvalue weighted by atomic mass is 32.2. The van der Waals surface area contributed by atoms with E-state index >= 15 is 0 Å². The van der Waals surface area contributed by atoms with E-state index < -0.39 is 15.7 Å². The smallest absolute Gasteiger partial charge is 0.271 e. The first-order valence-corrected chi connectivity index (χ1v) is 7.02. The molecule has 0 bridgehead atoms. The van der Waals surface area contributed by atoms with Crippen molar-refractivity contribution in [1.82, 2.24) is 0 Å². The van der Waals surface area contributed by atoms with Gasteiger partial charge >= 0.3 is 0 Å². The normalized spacial score (nSPS) is 12.1. The number of nitrogens with zero attached hydrogens (tertiary/aromatic N) is 1. The fourth-order valence-corrected chi connectivity index (χ4v) is 1.96. The van der Waals surface area contributed by atoms with E-state index in [0.717, 1.165) is 17.7 Å². The predicted molar refractivity (Wildman–Crippen MR) is 69.9 cm³/mol. The quantitative estimate of drug-likeness (QED) is 0.480. The molecule has 0 aromatic heterocycles. The molecule has 0 radical (unpaired) electrons. The molecule has 5 nitrogen and oxygen atoms in total. The van der Waals surface area contributed by atoms with Crippen LogP contribution in [0.15, 0.2) is 18.2 Å². The molecular formula is C11H16N2O3S. The van der Waals surface area contributed by atoms with E-state index in [1.165, 1.54) is 12.1 Å². The number of rotatable bonds is 6. The summed E-state index contributed by atoms with van der Waals surface area (Å²) in [7, 11) is -0.789. The molecule has 17 heavy (non-hydrogen) atoms. The van der Waals surface area contributed by atoms with Gasteiger partial charge in [0.2, 0.25) is 0 Å². The monoisotopic (exact) mass is 256 g/mol. The van der Waals surface area contributed by atoms with Crippen molar-refractivity contribution in [2.45, 2.75) is 13.3 Å². The molecule has 1 aromatic carbocycles. The lowest BCUT2D eigenvalue weighted by Crippen LogP contribution is -2.07. The summed E-state index contributed by atoms with van der Waals surface area (Å²) in [5.74, 6) is 0.640. The van der Waals surface area contributed by atoms with E-state index in [-0.39, 0.29) is 5.69 Å². The van der Waals surface area contributed by atoms with Gasteiger partial charge in [0.1, 0.15) is 0 Å². The Bertz CT molecular complexity index is 435. The third-order valence-electron chi connectivity index (χ3n) is 2.36. The lowest BCUT2D eigenvalue weighted by molar-refractivity contribution is -0.384. The molecular weight excluding hydrogens is 240 g/mol. The summed E-state index contributed by atoms with van der Waals surface area (Å²) in [5, 5.41) is 13.7. The van der Waals surface area contributed by atoms with Crippen LogP contribution in [0.3, 0.4) is 0 Å². The second-order valence-corrected chi connectivity index (χ2v) is 5.37. The summed E-state index contributed by atoms with van der Waals surface area (Å²) in [6.07, 6.45) is 2.45. The Balaban J connectivity index is 2.60. The minimum atomic E-state index is -0.789. The van der Waals surface area contributed by atoms with Crippen molar-refractivity contribution in [3.8, 4) is 0 Å². The van der Waals surface area contributed by atoms with Crippen molar-refractivity contribution in [2.24, 2.45) is 0 Å². The van der Waals surface area contributed by atoms with E-state index in [1.807, 2.05) is 6.92 Å². The molecule has 0 amide bonds. The first-order chi connectivity index (χ1) is 8.00. The molecule has 0 saturated carbocycles. The van der Waals surface area contributed by atoms with Crippen molar-refractivity contribution in [1.29, 1.82) is 0 Å². The first-order valence-electron chi connectivity index (χ1n) is 5.29. The fourth-order valence-electron chi connectivity index (χ4n) is 1.41. The Labute approximate surface area is 103 Å². The van der Waals surface area contributed by atoms with E-state index in [4.69, 9.17) is 0 Å². The van der Waals surface area contributed by atoms with E-state index in [9.17, 15) is 14.3 Å². The second kappa shape index (κ2) is 6.34. The summed E-state index contributed by atoms with van der Waals surface area (Å²) in [4.78, 5) is 10.2. The Hall–Kier alpha value is -1.43. The summed E-state index contributed by atoms with van der Waals surface area (Å²) < 4.78 is 10.9. The van der Waals surface area contributed by atoms with Crippen LogP contribution in [0.2, 0.25) is 0 Å². The topological polar surface area (TPSA) is 72.2 Å². The Morgan fingerprint density at radius 2 is 2.18 bits per heavy atom. The Morgan fingerprint density at radius 3 is 2.76 bits per heavy atom. The number of hydrogen-bond acceptors (Lipinski definition) is 4. The molecule has 0 spiro atoms. The van der Waals surface area contributed by atoms with Gasteiger partial charge in [0, 0.05) is 47.2 Å². The number of hydrogen-bond donors (Lipinski definition) is 1. The van der Waals surface area contributed by atoms with Gasteiger partial charge in [-0.2, -0.15) is 0 Å². The molecule has 1 unspecified atom stereocenters. The number of anilines is 1. The van der Waals surface area contributed by atoms with Gasteiger partial charge in [-0.1, -0.05) is 6.07 Å². The molecule has 1 rings (SSSR count). The van der Waals surface area contributed by atoms with E-state index in [1.54, 1.807) is 12.3 Å². The van der Waals surface area contributed by atoms with Crippen LogP contribution < -0.4 is 5.32 Å². The number of aryl methyl sites for hydroxylation is 1. The van der Waals surface area contributed by atoms with Crippen molar-refractivity contribution in [3.63, 3.8) is 0 Å². The van der Waals surface area contributed by atoms with Crippen molar-refractivity contribution < 1.29 is 9.13 Å². The molecule has 0 heterocycles. The minimum absolute atomic E-state index is 0.0807. The van der Waals surface area contributed by atoms with Gasteiger partial charge in [0.05, 0.1) is 4.92 Å². The SMILES string of the molecule is Cc1ccc([N+](=O)[O-])cc1NCCCS(C)=O. The van der Waals surface area contributed by atoms with Crippen molar-refractivity contribution >= 4 is 22.2 Å². The van der Waals surface area contributed by atoms with Crippen molar-refractivity contribution in [3.05, 3.63) is 33.9 Å². The minimum Gasteiger partial charge on any atom is -0.385 e. The molecule has 94 valence electrons. The van der Waals surface area contributed by atoms with Gasteiger partial charge in [0.25, 0.3) is 5.69 Å².